The number of rotatable bonds is 8. The van der Waals surface area contributed by atoms with Crippen LogP contribution in [0, 0.1) is 17.2 Å². The minimum Gasteiger partial charge on any atom is -0.330 e. The predicted octanol–water partition coefficient (Wildman–Crippen LogP) is 6.21. The Hall–Kier alpha value is -3.87. The number of benzene rings is 2. The summed E-state index contributed by atoms with van der Waals surface area (Å²) in [6, 6.07) is 6.38. The van der Waals surface area contributed by atoms with Crippen molar-refractivity contribution in [3.8, 4) is 6.07 Å². The maximum Gasteiger partial charge on any atom is 0.416 e. The average Bonchev–Trinajstić information content (AvgIpc) is 3.30. The van der Waals surface area contributed by atoms with E-state index >= 15 is 0 Å². The second-order valence-corrected chi connectivity index (χ2v) is 11.1. The highest BCUT2D eigenvalue weighted by atomic mass is 19.4. The zero-order valence-electron chi connectivity index (χ0n) is 23.1. The van der Waals surface area contributed by atoms with Gasteiger partial charge in [-0.2, -0.15) is 49.6 Å². The molecule has 7 nitrogen and oxygen atoms in total. The highest BCUT2D eigenvalue weighted by Crippen LogP contribution is 2.38. The highest BCUT2D eigenvalue weighted by molar-refractivity contribution is 5.43. The normalized spacial score (nSPS) is 15.3. The van der Waals surface area contributed by atoms with Crippen molar-refractivity contribution in [2.75, 3.05) is 24.5 Å². The van der Waals surface area contributed by atoms with Crippen LogP contribution >= 0.6 is 0 Å². The Balaban J connectivity index is 1.78. The van der Waals surface area contributed by atoms with E-state index in [9.17, 15) is 39.5 Å². The van der Waals surface area contributed by atoms with Crippen molar-refractivity contribution < 1.29 is 39.5 Å². The molecule has 3 aromatic rings. The molecule has 0 N–H and O–H groups in total. The van der Waals surface area contributed by atoms with Gasteiger partial charge in [-0.05, 0) is 52.2 Å². The fraction of sp³-hybridized carbons (Fsp3) is 0.481. The number of tetrazole rings is 1. The molecule has 1 aromatic heterocycles. The van der Waals surface area contributed by atoms with E-state index < -0.39 is 59.3 Å². The number of aryl methyl sites for hydroxylation is 1. The Kier molecular flexibility index (Phi) is 8.44. The Morgan fingerprint density at radius 1 is 0.860 bits per heavy atom. The summed E-state index contributed by atoms with van der Waals surface area (Å²) in [5.74, 6) is -0.371. The van der Waals surface area contributed by atoms with E-state index in [1.807, 2.05) is 4.90 Å². The molecule has 0 saturated carbocycles. The van der Waals surface area contributed by atoms with Crippen LogP contribution in [-0.4, -0.2) is 44.7 Å². The minimum absolute atomic E-state index is 0.00546. The molecule has 0 spiro atoms. The van der Waals surface area contributed by atoms with Crippen molar-refractivity contribution >= 4 is 5.95 Å². The first-order valence-corrected chi connectivity index (χ1v) is 12.9. The van der Waals surface area contributed by atoms with E-state index in [0.717, 1.165) is 16.9 Å². The average molecular weight is 620 g/mol. The molecule has 1 aliphatic rings. The van der Waals surface area contributed by atoms with Crippen LogP contribution in [0.15, 0.2) is 36.4 Å². The fourth-order valence-corrected chi connectivity index (χ4v) is 5.12. The Morgan fingerprint density at radius 2 is 1.44 bits per heavy atom. The van der Waals surface area contributed by atoms with E-state index in [0.29, 0.717) is 37.3 Å². The van der Waals surface area contributed by atoms with Gasteiger partial charge in [0.05, 0.1) is 35.7 Å². The van der Waals surface area contributed by atoms with Gasteiger partial charge >= 0.3 is 18.5 Å². The summed E-state index contributed by atoms with van der Waals surface area (Å²) >= 11 is 0. The first-order chi connectivity index (χ1) is 19.8. The SMILES string of the molecule is Cn1nnc(N(Cc2cc(C(F)(F)F)cc(C(F)(F)F)c2)Cc2cc(C(F)(F)F)ccc2C(C)(C)CN2CC(C#N)C2)n1. The standard InChI is InChI=1S/C27H26F9N7/c1-24(2,15-42-11-17(10-37)12-42)22-5-4-19(25(28,29)30)8-18(22)14-43(23-38-40-41(3)39-23)13-16-6-20(26(31,32)33)9-21(7-16)27(34,35)36/h4-9,17H,11-15H2,1-3H3. The van der Waals surface area contributed by atoms with Gasteiger partial charge in [0.15, 0.2) is 0 Å². The summed E-state index contributed by atoms with van der Waals surface area (Å²) in [5, 5.41) is 20.6. The van der Waals surface area contributed by atoms with E-state index in [4.69, 9.17) is 5.26 Å². The molecule has 1 fully saturated rings. The van der Waals surface area contributed by atoms with Crippen LogP contribution in [0.5, 0.6) is 0 Å². The molecule has 0 atom stereocenters. The number of halogens is 9. The van der Waals surface area contributed by atoms with Crippen molar-refractivity contribution in [1.29, 1.82) is 5.26 Å². The Bertz CT molecular complexity index is 1460. The molecule has 16 heteroatoms. The van der Waals surface area contributed by atoms with Crippen LogP contribution in [0.1, 0.15) is 47.2 Å². The van der Waals surface area contributed by atoms with Gasteiger partial charge in [0, 0.05) is 38.1 Å². The maximum absolute atomic E-state index is 13.8. The quantitative estimate of drug-likeness (QED) is 0.280. The zero-order chi connectivity index (χ0) is 32.0. The molecule has 1 saturated heterocycles. The van der Waals surface area contributed by atoms with Crippen LogP contribution in [0.4, 0.5) is 45.5 Å². The third-order valence-electron chi connectivity index (χ3n) is 7.08. The molecule has 0 bridgehead atoms. The summed E-state index contributed by atoms with van der Waals surface area (Å²) in [5.41, 5.74) is -4.64. The number of alkyl halides is 9. The summed E-state index contributed by atoms with van der Waals surface area (Å²) in [6.45, 7) is 3.95. The molecule has 232 valence electrons. The number of hydrogen-bond acceptors (Lipinski definition) is 6. The van der Waals surface area contributed by atoms with E-state index in [2.05, 4.69) is 21.5 Å². The summed E-state index contributed by atoms with van der Waals surface area (Å²) in [6.07, 6.45) is -14.9. The molecule has 2 heterocycles. The lowest BCUT2D eigenvalue weighted by atomic mass is 9.79. The summed E-state index contributed by atoms with van der Waals surface area (Å²) in [7, 11) is 1.38. The molecule has 4 rings (SSSR count). The van der Waals surface area contributed by atoms with Gasteiger partial charge < -0.3 is 4.90 Å². The molecular formula is C27H26F9N7. The van der Waals surface area contributed by atoms with E-state index in [1.54, 1.807) is 13.8 Å². The van der Waals surface area contributed by atoms with Crippen molar-refractivity contribution in [1.82, 2.24) is 25.1 Å². The molecule has 0 amide bonds. The van der Waals surface area contributed by atoms with Crippen LogP contribution < -0.4 is 4.90 Å². The molecule has 0 unspecified atom stereocenters. The minimum atomic E-state index is -5.09. The van der Waals surface area contributed by atoms with Crippen molar-refractivity contribution in [3.63, 3.8) is 0 Å². The van der Waals surface area contributed by atoms with Gasteiger partial charge in [-0.15, -0.1) is 5.10 Å². The van der Waals surface area contributed by atoms with Crippen molar-refractivity contribution in [3.05, 3.63) is 69.8 Å². The van der Waals surface area contributed by atoms with Crippen LogP contribution in [0.25, 0.3) is 0 Å². The van der Waals surface area contributed by atoms with E-state index in [-0.39, 0.29) is 23.5 Å². The smallest absolute Gasteiger partial charge is 0.330 e. The number of nitriles is 1. The monoisotopic (exact) mass is 619 g/mol. The number of hydrogen-bond donors (Lipinski definition) is 0. The van der Waals surface area contributed by atoms with Gasteiger partial charge in [0.25, 0.3) is 5.95 Å². The third-order valence-corrected chi connectivity index (χ3v) is 7.08. The molecule has 43 heavy (non-hydrogen) atoms. The Morgan fingerprint density at radius 3 is 1.93 bits per heavy atom. The van der Waals surface area contributed by atoms with Crippen molar-refractivity contribution in [2.24, 2.45) is 13.0 Å². The van der Waals surface area contributed by atoms with Gasteiger partial charge in [-0.25, -0.2) is 0 Å². The molecule has 0 aliphatic carbocycles. The topological polar surface area (TPSA) is 73.9 Å². The van der Waals surface area contributed by atoms with Crippen LogP contribution in [0.3, 0.4) is 0 Å². The van der Waals surface area contributed by atoms with Crippen molar-refractivity contribution in [2.45, 2.75) is 50.9 Å². The summed E-state index contributed by atoms with van der Waals surface area (Å²) < 4.78 is 122. The molecule has 1 aliphatic heterocycles. The third kappa shape index (κ3) is 7.56. The lowest BCUT2D eigenvalue weighted by molar-refractivity contribution is -0.143. The molecular weight excluding hydrogens is 593 g/mol. The lowest BCUT2D eigenvalue weighted by Gasteiger charge is -2.41. The second-order valence-electron chi connectivity index (χ2n) is 11.1. The van der Waals surface area contributed by atoms with Gasteiger partial charge in [-0.1, -0.05) is 25.0 Å². The van der Waals surface area contributed by atoms with Crippen LogP contribution in [-0.2, 0) is 44.1 Å². The first-order valence-electron chi connectivity index (χ1n) is 12.9. The van der Waals surface area contributed by atoms with Gasteiger partial charge in [0.1, 0.15) is 0 Å². The van der Waals surface area contributed by atoms with Gasteiger partial charge in [-0.3, -0.25) is 4.90 Å². The van der Waals surface area contributed by atoms with Crippen LogP contribution in [0.2, 0.25) is 0 Å². The summed E-state index contributed by atoms with van der Waals surface area (Å²) in [4.78, 5) is 4.15. The maximum atomic E-state index is 13.8. The molecule has 2 aromatic carbocycles. The predicted molar refractivity (Wildman–Crippen MR) is 135 cm³/mol. The number of nitrogens with zero attached hydrogens (tertiary/aromatic N) is 7. The zero-order valence-corrected chi connectivity index (χ0v) is 23.1. The fourth-order valence-electron chi connectivity index (χ4n) is 5.12. The largest absolute Gasteiger partial charge is 0.416 e. The number of likely N-dealkylation sites (tertiary alicyclic amines) is 1. The number of anilines is 1. The number of aromatic nitrogens is 4. The Labute approximate surface area is 240 Å². The first kappa shape index (κ1) is 32.1. The lowest BCUT2D eigenvalue weighted by Crippen LogP contribution is -2.51. The highest BCUT2D eigenvalue weighted by Gasteiger charge is 2.38. The molecule has 0 radical (unpaired) electrons. The van der Waals surface area contributed by atoms with E-state index in [1.165, 1.54) is 18.0 Å². The van der Waals surface area contributed by atoms with Gasteiger partial charge in [0.2, 0.25) is 0 Å². The second kappa shape index (κ2) is 11.3.